The van der Waals surface area contributed by atoms with Gasteiger partial charge in [0.05, 0.1) is 0 Å². The molecule has 2 N–H and O–H groups in total. The minimum Gasteiger partial charge on any atom is -0.454 e. The van der Waals surface area contributed by atoms with Gasteiger partial charge in [-0.1, -0.05) is 35.9 Å². The van der Waals surface area contributed by atoms with Crippen molar-refractivity contribution in [3.05, 3.63) is 58.6 Å². The number of benzene rings is 2. The summed E-state index contributed by atoms with van der Waals surface area (Å²) >= 11 is 6.15. The van der Waals surface area contributed by atoms with Gasteiger partial charge in [-0.25, -0.2) is 0 Å². The van der Waals surface area contributed by atoms with Gasteiger partial charge in [0, 0.05) is 25.2 Å². The number of nitrogens with one attached hydrogen (secondary N) is 2. The van der Waals surface area contributed by atoms with Crippen molar-refractivity contribution in [1.29, 1.82) is 0 Å². The van der Waals surface area contributed by atoms with E-state index in [-0.39, 0.29) is 6.79 Å². The molecule has 2 aromatic rings. The number of guanidine groups is 1. The van der Waals surface area contributed by atoms with Crippen molar-refractivity contribution in [2.45, 2.75) is 13.1 Å². The Balaban J connectivity index is 1.55. The average Bonchev–Trinajstić information content (AvgIpc) is 3.04. The fourth-order valence-corrected chi connectivity index (χ4v) is 2.48. The first-order valence-electron chi connectivity index (χ1n) is 7.32. The molecule has 0 aliphatic carbocycles. The van der Waals surface area contributed by atoms with E-state index in [0.717, 1.165) is 27.6 Å². The van der Waals surface area contributed by atoms with Crippen LogP contribution in [-0.4, -0.2) is 19.8 Å². The number of aliphatic imine (C=N–C) groups is 1. The van der Waals surface area contributed by atoms with E-state index in [0.29, 0.717) is 19.0 Å². The lowest BCUT2D eigenvalue weighted by Gasteiger charge is -2.13. The monoisotopic (exact) mass is 331 g/mol. The van der Waals surface area contributed by atoms with Gasteiger partial charge in [-0.3, -0.25) is 4.99 Å². The maximum atomic E-state index is 6.15. The van der Waals surface area contributed by atoms with E-state index in [1.807, 2.05) is 42.5 Å². The number of hydrogen-bond acceptors (Lipinski definition) is 3. The van der Waals surface area contributed by atoms with Gasteiger partial charge in [0.25, 0.3) is 0 Å². The number of hydrogen-bond donors (Lipinski definition) is 2. The van der Waals surface area contributed by atoms with E-state index in [2.05, 4.69) is 15.6 Å². The quantitative estimate of drug-likeness (QED) is 0.668. The molecule has 5 nitrogen and oxygen atoms in total. The molecule has 23 heavy (non-hydrogen) atoms. The Morgan fingerprint density at radius 1 is 1.09 bits per heavy atom. The van der Waals surface area contributed by atoms with Crippen LogP contribution in [0.4, 0.5) is 0 Å². The summed E-state index contributed by atoms with van der Waals surface area (Å²) in [6.07, 6.45) is 0. The summed E-state index contributed by atoms with van der Waals surface area (Å²) < 4.78 is 10.7. The first-order valence-corrected chi connectivity index (χ1v) is 7.70. The van der Waals surface area contributed by atoms with Crippen LogP contribution in [0.5, 0.6) is 11.5 Å². The minimum atomic E-state index is 0.285. The molecule has 0 fully saturated rings. The number of nitrogens with zero attached hydrogens (tertiary/aromatic N) is 1. The van der Waals surface area contributed by atoms with E-state index in [1.54, 1.807) is 7.05 Å². The highest BCUT2D eigenvalue weighted by molar-refractivity contribution is 6.31. The molecule has 1 aliphatic heterocycles. The molecule has 0 amide bonds. The van der Waals surface area contributed by atoms with Crippen molar-refractivity contribution in [1.82, 2.24) is 10.6 Å². The Hall–Kier alpha value is -2.40. The van der Waals surface area contributed by atoms with Crippen LogP contribution in [-0.2, 0) is 13.1 Å². The molecule has 0 radical (unpaired) electrons. The predicted octanol–water partition coefficient (Wildman–Crippen LogP) is 2.93. The lowest BCUT2D eigenvalue weighted by Crippen LogP contribution is -2.36. The second-order valence-electron chi connectivity index (χ2n) is 5.06. The summed E-state index contributed by atoms with van der Waals surface area (Å²) in [6.45, 7) is 1.53. The van der Waals surface area contributed by atoms with Gasteiger partial charge < -0.3 is 20.1 Å². The lowest BCUT2D eigenvalue weighted by molar-refractivity contribution is 0.174. The van der Waals surface area contributed by atoms with Crippen LogP contribution >= 0.6 is 11.6 Å². The van der Waals surface area contributed by atoms with Crippen molar-refractivity contribution in [2.75, 3.05) is 13.8 Å². The highest BCUT2D eigenvalue weighted by atomic mass is 35.5. The number of ether oxygens (including phenoxy) is 2. The lowest BCUT2D eigenvalue weighted by atomic mass is 10.2. The third-order valence-electron chi connectivity index (χ3n) is 3.52. The first kappa shape index (κ1) is 15.5. The molecular weight excluding hydrogens is 314 g/mol. The van der Waals surface area contributed by atoms with Gasteiger partial charge in [0.2, 0.25) is 6.79 Å². The summed E-state index contributed by atoms with van der Waals surface area (Å²) in [6, 6.07) is 13.6. The van der Waals surface area contributed by atoms with Gasteiger partial charge in [-0.05, 0) is 29.3 Å². The smallest absolute Gasteiger partial charge is 0.231 e. The van der Waals surface area contributed by atoms with E-state index in [1.165, 1.54) is 0 Å². The van der Waals surface area contributed by atoms with Crippen LogP contribution in [0, 0.1) is 0 Å². The maximum Gasteiger partial charge on any atom is 0.231 e. The topological polar surface area (TPSA) is 54.9 Å². The van der Waals surface area contributed by atoms with Gasteiger partial charge in [-0.15, -0.1) is 0 Å². The largest absolute Gasteiger partial charge is 0.454 e. The number of halogens is 1. The standard InChI is InChI=1S/C17H18ClN3O2/c1-19-17(21-10-13-4-2-3-5-14(13)18)20-9-12-6-7-15-16(8-12)23-11-22-15/h2-8H,9-11H2,1H3,(H2,19,20,21). The molecule has 120 valence electrons. The fraction of sp³-hybridized carbons (Fsp3) is 0.235. The molecule has 0 aromatic heterocycles. The zero-order chi connectivity index (χ0) is 16.1. The predicted molar refractivity (Wildman–Crippen MR) is 91.1 cm³/mol. The Bertz CT molecular complexity index is 719. The van der Waals surface area contributed by atoms with Gasteiger partial charge in [0.15, 0.2) is 17.5 Å². The van der Waals surface area contributed by atoms with Crippen LogP contribution in [0.25, 0.3) is 0 Å². The van der Waals surface area contributed by atoms with Crippen LogP contribution in [0.3, 0.4) is 0 Å². The molecule has 3 rings (SSSR count). The fourth-order valence-electron chi connectivity index (χ4n) is 2.28. The Labute approximate surface area is 140 Å². The summed E-state index contributed by atoms with van der Waals surface area (Å²) in [5.74, 6) is 2.28. The molecule has 0 unspecified atom stereocenters. The molecule has 0 saturated carbocycles. The van der Waals surface area contributed by atoms with E-state index < -0.39 is 0 Å². The Morgan fingerprint density at radius 3 is 2.70 bits per heavy atom. The summed E-state index contributed by atoms with van der Waals surface area (Å²) in [5, 5.41) is 7.26. The first-order chi connectivity index (χ1) is 11.3. The molecular formula is C17H18ClN3O2. The summed E-state index contributed by atoms with van der Waals surface area (Å²) in [7, 11) is 1.74. The average molecular weight is 332 g/mol. The van der Waals surface area contributed by atoms with Crippen LogP contribution in [0.1, 0.15) is 11.1 Å². The molecule has 1 aliphatic rings. The van der Waals surface area contributed by atoms with E-state index in [9.17, 15) is 0 Å². The van der Waals surface area contributed by atoms with E-state index in [4.69, 9.17) is 21.1 Å². The van der Waals surface area contributed by atoms with Gasteiger partial charge >= 0.3 is 0 Å². The zero-order valence-corrected chi connectivity index (χ0v) is 13.6. The van der Waals surface area contributed by atoms with Crippen molar-refractivity contribution >= 4 is 17.6 Å². The Kier molecular flexibility index (Phi) is 4.88. The molecule has 1 heterocycles. The van der Waals surface area contributed by atoms with Crippen LogP contribution in [0.15, 0.2) is 47.5 Å². The minimum absolute atomic E-state index is 0.285. The SMILES string of the molecule is CN=C(NCc1ccc2c(c1)OCO2)NCc1ccccc1Cl. The van der Waals surface area contributed by atoms with Crippen LogP contribution < -0.4 is 20.1 Å². The van der Waals surface area contributed by atoms with Crippen molar-refractivity contribution < 1.29 is 9.47 Å². The molecule has 6 heteroatoms. The molecule has 0 bridgehead atoms. The zero-order valence-electron chi connectivity index (χ0n) is 12.8. The van der Waals surface area contributed by atoms with Crippen LogP contribution in [0.2, 0.25) is 5.02 Å². The summed E-state index contributed by atoms with van der Waals surface area (Å²) in [5.41, 5.74) is 2.12. The van der Waals surface area contributed by atoms with Gasteiger partial charge in [0.1, 0.15) is 0 Å². The third kappa shape index (κ3) is 3.87. The second kappa shape index (κ2) is 7.24. The maximum absolute atomic E-state index is 6.15. The molecule has 0 saturated heterocycles. The number of fused-ring (bicyclic) bond motifs is 1. The van der Waals surface area contributed by atoms with Crippen molar-refractivity contribution in [2.24, 2.45) is 4.99 Å². The molecule has 0 spiro atoms. The highest BCUT2D eigenvalue weighted by Gasteiger charge is 2.13. The Morgan fingerprint density at radius 2 is 1.87 bits per heavy atom. The van der Waals surface area contributed by atoms with E-state index >= 15 is 0 Å². The van der Waals surface area contributed by atoms with Crippen molar-refractivity contribution in [3.8, 4) is 11.5 Å². The van der Waals surface area contributed by atoms with Crippen molar-refractivity contribution in [3.63, 3.8) is 0 Å². The second-order valence-corrected chi connectivity index (χ2v) is 5.47. The summed E-state index contributed by atoms with van der Waals surface area (Å²) in [4.78, 5) is 4.22. The van der Waals surface area contributed by atoms with Gasteiger partial charge in [-0.2, -0.15) is 0 Å². The third-order valence-corrected chi connectivity index (χ3v) is 3.89. The molecule has 2 aromatic carbocycles. The normalized spacial score (nSPS) is 13.0. The highest BCUT2D eigenvalue weighted by Crippen LogP contribution is 2.32. The molecule has 0 atom stereocenters. The number of rotatable bonds is 4.